The molecule has 1 aliphatic heterocycles. The zero-order valence-electron chi connectivity index (χ0n) is 15.7. The minimum absolute atomic E-state index is 0.120. The molecule has 3 atom stereocenters. The minimum atomic E-state index is -1.74. The zero-order valence-corrected chi connectivity index (χ0v) is 15.7. The van der Waals surface area contributed by atoms with Crippen molar-refractivity contribution in [2.75, 3.05) is 13.1 Å². The Labute approximate surface area is 160 Å². The number of nitrogens with zero attached hydrogens (tertiary/aromatic N) is 1. The van der Waals surface area contributed by atoms with Gasteiger partial charge in [-0.2, -0.15) is 0 Å². The number of benzene rings is 1. The number of hydrogen-bond acceptors (Lipinski definition) is 4. The van der Waals surface area contributed by atoms with E-state index in [0.717, 1.165) is 31.2 Å². The molecular weight excluding hydrogens is 344 g/mol. The third kappa shape index (κ3) is 4.87. The second kappa shape index (κ2) is 9.33. The number of carbonyl (C=O) groups is 2. The van der Waals surface area contributed by atoms with Crippen LogP contribution in [0.15, 0.2) is 30.3 Å². The van der Waals surface area contributed by atoms with Crippen LogP contribution in [0.4, 0.5) is 0 Å². The predicted octanol–water partition coefficient (Wildman–Crippen LogP) is 1.77. The molecule has 6 heteroatoms. The van der Waals surface area contributed by atoms with Crippen LogP contribution in [0.25, 0.3) is 0 Å². The largest absolute Gasteiger partial charge is 0.380 e. The first kappa shape index (κ1) is 19.8. The summed E-state index contributed by atoms with van der Waals surface area (Å²) >= 11 is 0. The highest BCUT2D eigenvalue weighted by atomic mass is 16.3. The van der Waals surface area contributed by atoms with Crippen LogP contribution < -0.4 is 5.32 Å². The van der Waals surface area contributed by atoms with Crippen molar-refractivity contribution >= 4 is 11.8 Å². The summed E-state index contributed by atoms with van der Waals surface area (Å²) < 4.78 is 0. The maximum atomic E-state index is 12.7. The van der Waals surface area contributed by atoms with E-state index in [1.165, 1.54) is 19.3 Å². The van der Waals surface area contributed by atoms with Gasteiger partial charge in [-0.05, 0) is 37.2 Å². The predicted molar refractivity (Wildman–Crippen MR) is 102 cm³/mol. The van der Waals surface area contributed by atoms with Crippen LogP contribution in [0, 0.1) is 5.92 Å². The lowest BCUT2D eigenvalue weighted by Crippen LogP contribution is -2.51. The average Bonchev–Trinajstić information content (AvgIpc) is 3.21. The fourth-order valence-corrected chi connectivity index (χ4v) is 4.24. The van der Waals surface area contributed by atoms with Crippen LogP contribution in [0.3, 0.4) is 0 Å². The molecule has 0 aromatic heterocycles. The van der Waals surface area contributed by atoms with Gasteiger partial charge in [0.05, 0.1) is 6.04 Å². The van der Waals surface area contributed by atoms with Crippen LogP contribution in [0.2, 0.25) is 0 Å². The van der Waals surface area contributed by atoms with Crippen LogP contribution in [0.1, 0.15) is 56.6 Å². The summed E-state index contributed by atoms with van der Waals surface area (Å²) in [5, 5.41) is 23.2. The third-order valence-corrected chi connectivity index (χ3v) is 5.83. The van der Waals surface area contributed by atoms with Crippen molar-refractivity contribution in [3.63, 3.8) is 0 Å². The van der Waals surface area contributed by atoms with Gasteiger partial charge >= 0.3 is 0 Å². The Kier molecular flexibility index (Phi) is 6.85. The van der Waals surface area contributed by atoms with Gasteiger partial charge in [-0.25, -0.2) is 0 Å². The van der Waals surface area contributed by atoms with Crippen molar-refractivity contribution < 1.29 is 19.8 Å². The number of hydrogen-bond donors (Lipinski definition) is 3. The number of carbonyl (C=O) groups excluding carboxylic acids is 2. The normalized spacial score (nSPS) is 23.0. The molecule has 3 rings (SSSR count). The molecule has 1 heterocycles. The van der Waals surface area contributed by atoms with Crippen molar-refractivity contribution in [2.24, 2.45) is 5.92 Å². The molecule has 1 aliphatic carbocycles. The second-order valence-electron chi connectivity index (χ2n) is 7.74. The van der Waals surface area contributed by atoms with Gasteiger partial charge in [-0.3, -0.25) is 9.59 Å². The second-order valence-corrected chi connectivity index (χ2v) is 7.74. The Morgan fingerprint density at radius 1 is 1.00 bits per heavy atom. The van der Waals surface area contributed by atoms with Crippen LogP contribution in [-0.2, 0) is 9.59 Å². The van der Waals surface area contributed by atoms with Gasteiger partial charge in [0.1, 0.15) is 0 Å². The van der Waals surface area contributed by atoms with Gasteiger partial charge in [0, 0.05) is 13.1 Å². The Morgan fingerprint density at radius 3 is 2.41 bits per heavy atom. The smallest absolute Gasteiger partial charge is 0.255 e. The van der Waals surface area contributed by atoms with E-state index in [4.69, 9.17) is 0 Å². The Bertz CT molecular complexity index is 630. The van der Waals surface area contributed by atoms with E-state index in [0.29, 0.717) is 19.0 Å². The number of aliphatic hydroxyl groups excluding tert-OH is 2. The molecule has 2 amide bonds. The van der Waals surface area contributed by atoms with Gasteiger partial charge in [0.25, 0.3) is 11.8 Å². The Balaban J connectivity index is 1.55. The Morgan fingerprint density at radius 2 is 1.70 bits per heavy atom. The number of amides is 2. The van der Waals surface area contributed by atoms with Crippen molar-refractivity contribution in [1.82, 2.24) is 10.2 Å². The molecule has 0 unspecified atom stereocenters. The summed E-state index contributed by atoms with van der Waals surface area (Å²) in [6, 6.07) is 9.54. The summed E-state index contributed by atoms with van der Waals surface area (Å²) in [5.41, 5.74) is 1.01. The Hall–Kier alpha value is -1.92. The lowest BCUT2D eigenvalue weighted by molar-refractivity contribution is -0.153. The number of aliphatic hydroxyl groups is 2. The monoisotopic (exact) mass is 374 g/mol. The summed E-state index contributed by atoms with van der Waals surface area (Å²) in [6.07, 6.45) is 3.89. The van der Waals surface area contributed by atoms with E-state index in [1.54, 1.807) is 4.90 Å². The molecule has 6 nitrogen and oxygen atoms in total. The van der Waals surface area contributed by atoms with E-state index in [2.05, 4.69) is 5.32 Å². The number of nitrogens with one attached hydrogen (secondary N) is 1. The number of rotatable bonds is 6. The van der Waals surface area contributed by atoms with Gasteiger partial charge in [-0.1, -0.05) is 49.6 Å². The molecule has 1 saturated carbocycles. The molecule has 148 valence electrons. The quantitative estimate of drug-likeness (QED) is 0.708. The summed E-state index contributed by atoms with van der Waals surface area (Å²) in [6.45, 7) is 1.01. The van der Waals surface area contributed by atoms with Crippen molar-refractivity contribution in [3.05, 3.63) is 35.9 Å². The molecule has 0 radical (unpaired) electrons. The fourth-order valence-electron chi connectivity index (χ4n) is 4.24. The van der Waals surface area contributed by atoms with Crippen molar-refractivity contribution in [1.29, 1.82) is 0 Å². The van der Waals surface area contributed by atoms with E-state index >= 15 is 0 Å². The SMILES string of the molecule is O=C(NCC1CCCCC1)[C@H](O)[C@@H](O)C(=O)N1CCC[C@@H]1c1ccccc1. The van der Waals surface area contributed by atoms with Crippen molar-refractivity contribution in [2.45, 2.75) is 63.2 Å². The topological polar surface area (TPSA) is 89.9 Å². The zero-order chi connectivity index (χ0) is 19.2. The van der Waals surface area contributed by atoms with Gasteiger partial charge < -0.3 is 20.4 Å². The minimum Gasteiger partial charge on any atom is -0.380 e. The maximum Gasteiger partial charge on any atom is 0.255 e. The third-order valence-electron chi connectivity index (χ3n) is 5.83. The molecule has 0 spiro atoms. The molecular formula is C21H30N2O4. The highest BCUT2D eigenvalue weighted by Crippen LogP contribution is 2.32. The lowest BCUT2D eigenvalue weighted by atomic mass is 9.89. The van der Waals surface area contributed by atoms with E-state index in [9.17, 15) is 19.8 Å². The highest BCUT2D eigenvalue weighted by Gasteiger charge is 2.38. The van der Waals surface area contributed by atoms with Gasteiger partial charge in [0.2, 0.25) is 0 Å². The molecule has 2 aliphatic rings. The van der Waals surface area contributed by atoms with E-state index in [1.807, 2.05) is 30.3 Å². The van der Waals surface area contributed by atoms with Crippen LogP contribution in [0.5, 0.6) is 0 Å². The summed E-state index contributed by atoms with van der Waals surface area (Å²) in [7, 11) is 0. The first-order valence-electron chi connectivity index (χ1n) is 10.1. The van der Waals surface area contributed by atoms with E-state index < -0.39 is 24.0 Å². The van der Waals surface area contributed by atoms with Crippen LogP contribution >= 0.6 is 0 Å². The van der Waals surface area contributed by atoms with Crippen molar-refractivity contribution in [3.8, 4) is 0 Å². The molecule has 3 N–H and O–H groups in total. The van der Waals surface area contributed by atoms with Gasteiger partial charge in [0.15, 0.2) is 12.2 Å². The van der Waals surface area contributed by atoms with Crippen LogP contribution in [-0.4, -0.2) is 52.2 Å². The molecule has 1 saturated heterocycles. The van der Waals surface area contributed by atoms with Gasteiger partial charge in [-0.15, -0.1) is 0 Å². The molecule has 1 aromatic rings. The fraction of sp³-hybridized carbons (Fsp3) is 0.619. The molecule has 27 heavy (non-hydrogen) atoms. The standard InChI is InChI=1S/C21H30N2O4/c24-18(20(26)22-14-15-8-3-1-4-9-15)19(25)21(27)23-13-7-12-17(23)16-10-5-2-6-11-16/h2,5-6,10-11,15,17-19,24-25H,1,3-4,7-9,12-14H2,(H,22,26)/t17-,18-,19-/m1/s1. The maximum absolute atomic E-state index is 12.7. The lowest BCUT2D eigenvalue weighted by Gasteiger charge is -2.29. The summed E-state index contributed by atoms with van der Waals surface area (Å²) in [4.78, 5) is 26.5. The summed E-state index contributed by atoms with van der Waals surface area (Å²) in [5.74, 6) is -0.831. The molecule has 2 fully saturated rings. The average molecular weight is 374 g/mol. The van der Waals surface area contributed by atoms with E-state index in [-0.39, 0.29) is 6.04 Å². The first-order valence-corrected chi connectivity index (χ1v) is 10.1. The first-order chi connectivity index (χ1) is 13.1. The molecule has 0 bridgehead atoms. The molecule has 1 aromatic carbocycles. The highest BCUT2D eigenvalue weighted by molar-refractivity contribution is 5.91. The number of likely N-dealkylation sites (tertiary alicyclic amines) is 1.